The lowest BCUT2D eigenvalue weighted by atomic mass is 9.90. The van der Waals surface area contributed by atoms with Crippen LogP contribution in [0.1, 0.15) is 35.7 Å². The first-order valence-corrected chi connectivity index (χ1v) is 6.81. The first-order chi connectivity index (χ1) is 9.04. The monoisotopic (exact) mass is 264 g/mol. The van der Waals surface area contributed by atoms with Gasteiger partial charge in [-0.2, -0.15) is 0 Å². The van der Waals surface area contributed by atoms with Crippen LogP contribution in [0.15, 0.2) is 18.2 Å². The highest BCUT2D eigenvalue weighted by Crippen LogP contribution is 2.24. The minimum Gasteiger partial charge on any atom is -0.334 e. The smallest absolute Gasteiger partial charge is 0.254 e. The molecule has 1 aromatic rings. The van der Waals surface area contributed by atoms with Gasteiger partial charge in [-0.05, 0) is 49.4 Å². The second-order valence-electron chi connectivity index (χ2n) is 5.39. The number of rotatable bonds is 2. The van der Waals surface area contributed by atoms with E-state index in [0.29, 0.717) is 23.6 Å². The lowest BCUT2D eigenvalue weighted by Crippen LogP contribution is -2.51. The average Bonchev–Trinajstić information content (AvgIpc) is 2.40. The fourth-order valence-electron chi connectivity index (χ4n) is 2.80. The summed E-state index contributed by atoms with van der Waals surface area (Å²) >= 11 is 0. The summed E-state index contributed by atoms with van der Waals surface area (Å²) in [6.45, 7) is 5.02. The number of carbonyl (C=O) groups excluding carboxylic acids is 1. The van der Waals surface area contributed by atoms with E-state index in [2.05, 4.69) is 6.92 Å². The lowest BCUT2D eigenvalue weighted by molar-refractivity contribution is 0.0532. The lowest BCUT2D eigenvalue weighted by Gasteiger charge is -2.39. The van der Waals surface area contributed by atoms with Crippen molar-refractivity contribution in [1.82, 2.24) is 4.90 Å². The number of aryl methyl sites for hydroxylation is 1. The van der Waals surface area contributed by atoms with Gasteiger partial charge in [0.15, 0.2) is 0 Å². The van der Waals surface area contributed by atoms with Crippen LogP contribution >= 0.6 is 0 Å². The van der Waals surface area contributed by atoms with Crippen molar-refractivity contribution in [2.75, 3.05) is 13.1 Å². The molecule has 1 aliphatic heterocycles. The maximum atomic E-state index is 13.3. The number of hydrogen-bond donors (Lipinski definition) is 1. The van der Waals surface area contributed by atoms with Gasteiger partial charge in [-0.15, -0.1) is 0 Å². The third kappa shape index (κ3) is 2.78. The van der Waals surface area contributed by atoms with Gasteiger partial charge >= 0.3 is 0 Å². The molecule has 19 heavy (non-hydrogen) atoms. The maximum absolute atomic E-state index is 13.3. The average molecular weight is 264 g/mol. The Morgan fingerprint density at radius 2 is 2.26 bits per heavy atom. The normalized spacial score (nSPS) is 23.5. The number of piperidine rings is 1. The predicted molar refractivity (Wildman–Crippen MR) is 73.4 cm³/mol. The van der Waals surface area contributed by atoms with E-state index < -0.39 is 0 Å². The van der Waals surface area contributed by atoms with E-state index in [1.807, 2.05) is 4.90 Å². The Kier molecular flexibility index (Phi) is 4.20. The summed E-state index contributed by atoms with van der Waals surface area (Å²) in [5, 5.41) is 0. The summed E-state index contributed by atoms with van der Waals surface area (Å²) in [6.07, 6.45) is 2.11. The first kappa shape index (κ1) is 14.0. The van der Waals surface area contributed by atoms with Crippen LogP contribution in [0, 0.1) is 18.7 Å². The van der Waals surface area contributed by atoms with E-state index >= 15 is 0 Å². The molecule has 3 nitrogen and oxygen atoms in total. The number of benzene rings is 1. The Morgan fingerprint density at radius 3 is 2.89 bits per heavy atom. The summed E-state index contributed by atoms with van der Waals surface area (Å²) in [5.74, 6) is 0.105. The summed E-state index contributed by atoms with van der Waals surface area (Å²) in [7, 11) is 0. The van der Waals surface area contributed by atoms with E-state index in [4.69, 9.17) is 5.73 Å². The summed E-state index contributed by atoms with van der Waals surface area (Å²) in [5.41, 5.74) is 6.85. The quantitative estimate of drug-likeness (QED) is 0.891. The first-order valence-electron chi connectivity index (χ1n) is 6.81. The predicted octanol–water partition coefficient (Wildman–Crippen LogP) is 2.33. The Bertz CT molecular complexity index is 475. The van der Waals surface area contributed by atoms with Crippen LogP contribution in [-0.4, -0.2) is 29.9 Å². The minimum absolute atomic E-state index is 0.0369. The van der Waals surface area contributed by atoms with Crippen molar-refractivity contribution in [3.63, 3.8) is 0 Å². The van der Waals surface area contributed by atoms with Crippen molar-refractivity contribution in [3.05, 3.63) is 35.1 Å². The van der Waals surface area contributed by atoms with Crippen molar-refractivity contribution in [3.8, 4) is 0 Å². The van der Waals surface area contributed by atoms with Crippen molar-refractivity contribution in [2.45, 2.75) is 32.7 Å². The molecule has 1 fully saturated rings. The van der Waals surface area contributed by atoms with Crippen molar-refractivity contribution < 1.29 is 9.18 Å². The van der Waals surface area contributed by atoms with Crippen LogP contribution in [0.3, 0.4) is 0 Å². The largest absolute Gasteiger partial charge is 0.334 e. The molecule has 0 aromatic heterocycles. The molecule has 0 spiro atoms. The third-order valence-corrected chi connectivity index (χ3v) is 4.02. The second kappa shape index (κ2) is 5.70. The fourth-order valence-corrected chi connectivity index (χ4v) is 2.80. The zero-order valence-corrected chi connectivity index (χ0v) is 11.5. The highest BCUT2D eigenvalue weighted by atomic mass is 19.1. The Balaban J connectivity index is 2.24. The summed E-state index contributed by atoms with van der Waals surface area (Å²) in [6, 6.07) is 4.61. The highest BCUT2D eigenvalue weighted by Gasteiger charge is 2.31. The van der Waals surface area contributed by atoms with Gasteiger partial charge in [-0.1, -0.05) is 6.92 Å². The van der Waals surface area contributed by atoms with E-state index in [9.17, 15) is 9.18 Å². The minimum atomic E-state index is -0.279. The SMILES string of the molecule is Cc1cc(C(=O)N2CCCC(C)C2CN)ccc1F. The number of likely N-dealkylation sites (tertiary alicyclic amines) is 1. The molecule has 0 saturated carbocycles. The van der Waals surface area contributed by atoms with E-state index in [1.165, 1.54) is 6.07 Å². The van der Waals surface area contributed by atoms with Crippen molar-refractivity contribution in [1.29, 1.82) is 0 Å². The fraction of sp³-hybridized carbons (Fsp3) is 0.533. The van der Waals surface area contributed by atoms with Crippen molar-refractivity contribution in [2.24, 2.45) is 11.7 Å². The van der Waals surface area contributed by atoms with Crippen LogP contribution in [-0.2, 0) is 0 Å². The molecule has 0 aliphatic carbocycles. The van der Waals surface area contributed by atoms with Gasteiger partial charge in [0.25, 0.3) is 5.91 Å². The molecular weight excluding hydrogens is 243 g/mol. The third-order valence-electron chi connectivity index (χ3n) is 4.02. The Morgan fingerprint density at radius 1 is 1.53 bits per heavy atom. The van der Waals surface area contributed by atoms with Gasteiger partial charge in [-0.3, -0.25) is 4.79 Å². The Hall–Kier alpha value is -1.42. The highest BCUT2D eigenvalue weighted by molar-refractivity contribution is 5.94. The molecule has 1 aliphatic rings. The van der Waals surface area contributed by atoms with Gasteiger partial charge in [0.05, 0.1) is 0 Å². The topological polar surface area (TPSA) is 46.3 Å². The van der Waals surface area contributed by atoms with Gasteiger partial charge in [0.2, 0.25) is 0 Å². The molecule has 2 atom stereocenters. The zero-order valence-electron chi connectivity index (χ0n) is 11.5. The van der Waals surface area contributed by atoms with Crippen LogP contribution in [0.25, 0.3) is 0 Å². The van der Waals surface area contributed by atoms with Crippen LogP contribution < -0.4 is 5.73 Å². The summed E-state index contributed by atoms with van der Waals surface area (Å²) < 4.78 is 13.3. The van der Waals surface area contributed by atoms with Gasteiger partial charge in [0.1, 0.15) is 5.82 Å². The molecule has 1 heterocycles. The molecule has 0 bridgehead atoms. The van der Waals surface area contributed by atoms with E-state index in [-0.39, 0.29) is 17.8 Å². The van der Waals surface area contributed by atoms with Gasteiger partial charge in [0, 0.05) is 24.7 Å². The number of amides is 1. The van der Waals surface area contributed by atoms with E-state index in [1.54, 1.807) is 19.1 Å². The Labute approximate surface area is 113 Å². The molecule has 4 heteroatoms. The summed E-state index contributed by atoms with van der Waals surface area (Å²) in [4.78, 5) is 14.4. The number of nitrogens with zero attached hydrogens (tertiary/aromatic N) is 1. The number of hydrogen-bond acceptors (Lipinski definition) is 2. The van der Waals surface area contributed by atoms with E-state index in [0.717, 1.165) is 19.4 Å². The second-order valence-corrected chi connectivity index (χ2v) is 5.39. The molecule has 1 amide bonds. The van der Waals surface area contributed by atoms with Gasteiger partial charge < -0.3 is 10.6 Å². The van der Waals surface area contributed by atoms with Gasteiger partial charge in [-0.25, -0.2) is 4.39 Å². The standard InChI is InChI=1S/C15H21FN2O/c1-10-4-3-7-18(14(10)9-17)15(19)12-5-6-13(16)11(2)8-12/h5-6,8,10,14H,3-4,7,9,17H2,1-2H3. The molecule has 2 unspecified atom stereocenters. The van der Waals surface area contributed by atoms with Crippen molar-refractivity contribution >= 4 is 5.91 Å². The molecule has 104 valence electrons. The van der Waals surface area contributed by atoms with Crippen LogP contribution in [0.4, 0.5) is 4.39 Å². The van der Waals surface area contributed by atoms with Crippen LogP contribution in [0.2, 0.25) is 0 Å². The molecule has 2 rings (SSSR count). The number of carbonyl (C=O) groups is 1. The number of halogens is 1. The maximum Gasteiger partial charge on any atom is 0.254 e. The zero-order chi connectivity index (χ0) is 14.0. The molecule has 1 aromatic carbocycles. The molecule has 0 radical (unpaired) electrons. The molecule has 1 saturated heterocycles. The number of nitrogens with two attached hydrogens (primary N) is 1. The molecular formula is C15H21FN2O. The van der Waals surface area contributed by atoms with Crippen LogP contribution in [0.5, 0.6) is 0 Å². The molecule has 2 N–H and O–H groups in total.